The smallest absolute Gasteiger partial charge is 0.148 e. The Labute approximate surface area is 85.4 Å². The van der Waals surface area contributed by atoms with Crippen LogP contribution in [0.2, 0.25) is 0 Å². The van der Waals surface area contributed by atoms with Crippen molar-refractivity contribution in [2.45, 2.75) is 13.8 Å². The van der Waals surface area contributed by atoms with E-state index in [2.05, 4.69) is 25.8 Å². The summed E-state index contributed by atoms with van der Waals surface area (Å²) in [5, 5.41) is 0. The molecule has 0 aliphatic carbocycles. The summed E-state index contributed by atoms with van der Waals surface area (Å²) in [7, 11) is 0. The largest absolute Gasteiger partial charge is 0.480 e. The van der Waals surface area contributed by atoms with E-state index in [0.29, 0.717) is 6.61 Å². The number of terminal acetylenes is 1. The van der Waals surface area contributed by atoms with Gasteiger partial charge in [0.1, 0.15) is 12.4 Å². The van der Waals surface area contributed by atoms with Gasteiger partial charge in [0, 0.05) is 5.56 Å². The number of allylic oxidation sites excluding steroid dienone is 1. The average Bonchev–Trinajstić information content (AvgIpc) is 2.16. The fourth-order valence-electron chi connectivity index (χ4n) is 1.16. The van der Waals surface area contributed by atoms with Gasteiger partial charge in [0.15, 0.2) is 0 Å². The van der Waals surface area contributed by atoms with E-state index >= 15 is 0 Å². The molecular weight excluding hydrogens is 172 g/mol. The molecule has 0 radical (unpaired) electrons. The highest BCUT2D eigenvalue weighted by molar-refractivity contribution is 5.59. The van der Waals surface area contributed by atoms with Gasteiger partial charge in [-0.2, -0.15) is 0 Å². The van der Waals surface area contributed by atoms with Gasteiger partial charge in [-0.1, -0.05) is 35.8 Å². The monoisotopic (exact) mass is 186 g/mol. The molecule has 1 heteroatoms. The van der Waals surface area contributed by atoms with Crippen molar-refractivity contribution in [1.29, 1.82) is 0 Å². The van der Waals surface area contributed by atoms with E-state index in [9.17, 15) is 0 Å². The second-order valence-electron chi connectivity index (χ2n) is 3.25. The first-order valence-electron chi connectivity index (χ1n) is 4.54. The molecule has 72 valence electrons. The fourth-order valence-corrected chi connectivity index (χ4v) is 1.16. The molecular formula is C13H14O. The lowest BCUT2D eigenvalue weighted by atomic mass is 10.1. The van der Waals surface area contributed by atoms with Gasteiger partial charge in [-0.05, 0) is 19.9 Å². The molecule has 1 aromatic rings. The van der Waals surface area contributed by atoms with E-state index in [1.807, 2.05) is 24.3 Å². The van der Waals surface area contributed by atoms with Crippen LogP contribution in [0, 0.1) is 12.3 Å². The van der Waals surface area contributed by atoms with Crippen molar-refractivity contribution in [1.82, 2.24) is 0 Å². The quantitative estimate of drug-likeness (QED) is 0.659. The Balaban J connectivity index is 2.92. The first-order valence-corrected chi connectivity index (χ1v) is 4.54. The van der Waals surface area contributed by atoms with Crippen LogP contribution < -0.4 is 4.74 Å². The molecule has 1 nitrogen and oxygen atoms in total. The number of benzene rings is 1. The van der Waals surface area contributed by atoms with Gasteiger partial charge in [-0.15, -0.1) is 6.42 Å². The van der Waals surface area contributed by atoms with Gasteiger partial charge in [0.05, 0.1) is 0 Å². The van der Waals surface area contributed by atoms with Crippen LogP contribution in [-0.2, 0) is 0 Å². The maximum absolute atomic E-state index is 5.41. The molecule has 0 saturated heterocycles. The fraction of sp³-hybridized carbons (Fsp3) is 0.231. The van der Waals surface area contributed by atoms with E-state index in [1.54, 1.807) is 0 Å². The normalized spacial score (nSPS) is 8.93. The van der Waals surface area contributed by atoms with E-state index in [4.69, 9.17) is 11.2 Å². The zero-order valence-electron chi connectivity index (χ0n) is 8.58. The third kappa shape index (κ3) is 2.99. The van der Waals surface area contributed by atoms with Gasteiger partial charge in [0.25, 0.3) is 0 Å². The Morgan fingerprint density at radius 2 is 2.14 bits per heavy atom. The zero-order chi connectivity index (χ0) is 10.4. The summed E-state index contributed by atoms with van der Waals surface area (Å²) in [5.41, 5.74) is 2.31. The van der Waals surface area contributed by atoms with Gasteiger partial charge in [-0.25, -0.2) is 0 Å². The Hall–Kier alpha value is -1.68. The van der Waals surface area contributed by atoms with Crippen molar-refractivity contribution in [3.05, 3.63) is 35.4 Å². The van der Waals surface area contributed by atoms with Crippen molar-refractivity contribution in [2.75, 3.05) is 6.61 Å². The van der Waals surface area contributed by atoms with Crippen molar-refractivity contribution >= 4 is 6.08 Å². The van der Waals surface area contributed by atoms with Crippen LogP contribution in [0.5, 0.6) is 5.75 Å². The first-order chi connectivity index (χ1) is 6.74. The molecule has 0 aliphatic rings. The summed E-state index contributed by atoms with van der Waals surface area (Å²) in [6.07, 6.45) is 7.21. The molecule has 0 N–H and O–H groups in total. The third-order valence-corrected chi connectivity index (χ3v) is 1.67. The number of rotatable bonds is 3. The van der Waals surface area contributed by atoms with E-state index in [1.165, 1.54) is 5.57 Å². The van der Waals surface area contributed by atoms with Gasteiger partial charge < -0.3 is 4.74 Å². The standard InChI is InChI=1S/C13H14O/c1-4-9-14-13-8-6-5-7-12(13)10-11(2)3/h1,5-8,10H,9H2,2-3H3. The minimum atomic E-state index is 0.313. The minimum absolute atomic E-state index is 0.313. The number of hydrogen-bond acceptors (Lipinski definition) is 1. The Morgan fingerprint density at radius 3 is 2.79 bits per heavy atom. The van der Waals surface area contributed by atoms with E-state index in [-0.39, 0.29) is 0 Å². The van der Waals surface area contributed by atoms with Crippen molar-refractivity contribution in [2.24, 2.45) is 0 Å². The highest BCUT2D eigenvalue weighted by atomic mass is 16.5. The summed E-state index contributed by atoms with van der Waals surface area (Å²) < 4.78 is 5.41. The second kappa shape index (κ2) is 5.14. The molecule has 1 rings (SSSR count). The highest BCUT2D eigenvalue weighted by Gasteiger charge is 1.98. The molecule has 1 aromatic carbocycles. The number of hydrogen-bond donors (Lipinski definition) is 0. The SMILES string of the molecule is C#CCOc1ccccc1C=C(C)C. The molecule has 0 aromatic heterocycles. The molecule has 0 aliphatic heterocycles. The van der Waals surface area contributed by atoms with Gasteiger partial charge in [0.2, 0.25) is 0 Å². The molecule has 0 amide bonds. The first kappa shape index (κ1) is 10.4. The average molecular weight is 186 g/mol. The zero-order valence-corrected chi connectivity index (χ0v) is 8.58. The molecule has 0 bridgehead atoms. The van der Waals surface area contributed by atoms with Crippen LogP contribution in [0.25, 0.3) is 6.08 Å². The Morgan fingerprint density at radius 1 is 1.43 bits per heavy atom. The van der Waals surface area contributed by atoms with E-state index in [0.717, 1.165) is 11.3 Å². The van der Waals surface area contributed by atoms with Crippen LogP contribution in [0.3, 0.4) is 0 Å². The molecule has 0 atom stereocenters. The lowest BCUT2D eigenvalue weighted by molar-refractivity contribution is 0.369. The molecule has 0 fully saturated rings. The topological polar surface area (TPSA) is 9.23 Å². The Bertz CT molecular complexity index is 365. The van der Waals surface area contributed by atoms with Crippen LogP contribution in [-0.4, -0.2) is 6.61 Å². The third-order valence-electron chi connectivity index (χ3n) is 1.67. The summed E-state index contributed by atoms with van der Waals surface area (Å²) in [5.74, 6) is 3.29. The van der Waals surface area contributed by atoms with Crippen molar-refractivity contribution < 1.29 is 4.74 Å². The van der Waals surface area contributed by atoms with Crippen LogP contribution >= 0.6 is 0 Å². The summed E-state index contributed by atoms with van der Waals surface area (Å²) >= 11 is 0. The molecule has 0 saturated carbocycles. The van der Waals surface area contributed by atoms with E-state index < -0.39 is 0 Å². The lowest BCUT2D eigenvalue weighted by Gasteiger charge is -2.06. The van der Waals surface area contributed by atoms with Crippen LogP contribution in [0.4, 0.5) is 0 Å². The highest BCUT2D eigenvalue weighted by Crippen LogP contribution is 2.20. The summed E-state index contributed by atoms with van der Waals surface area (Å²) in [6, 6.07) is 7.86. The second-order valence-corrected chi connectivity index (χ2v) is 3.25. The lowest BCUT2D eigenvalue weighted by Crippen LogP contribution is -1.95. The molecule has 0 unspecified atom stereocenters. The predicted molar refractivity (Wildman–Crippen MR) is 60.1 cm³/mol. The van der Waals surface area contributed by atoms with Crippen molar-refractivity contribution in [3.63, 3.8) is 0 Å². The number of ether oxygens (including phenoxy) is 1. The van der Waals surface area contributed by atoms with Gasteiger partial charge >= 0.3 is 0 Å². The summed E-state index contributed by atoms with van der Waals surface area (Å²) in [6.45, 7) is 4.42. The maximum atomic E-state index is 5.41. The molecule has 14 heavy (non-hydrogen) atoms. The van der Waals surface area contributed by atoms with Crippen LogP contribution in [0.15, 0.2) is 29.8 Å². The molecule has 0 spiro atoms. The minimum Gasteiger partial charge on any atom is -0.480 e. The maximum Gasteiger partial charge on any atom is 0.148 e. The van der Waals surface area contributed by atoms with Crippen molar-refractivity contribution in [3.8, 4) is 18.1 Å². The van der Waals surface area contributed by atoms with Gasteiger partial charge in [-0.3, -0.25) is 0 Å². The predicted octanol–water partition coefficient (Wildman–Crippen LogP) is 3.12. The Kier molecular flexibility index (Phi) is 3.82. The number of para-hydroxylation sites is 1. The summed E-state index contributed by atoms with van der Waals surface area (Å²) in [4.78, 5) is 0. The molecule has 0 heterocycles. The van der Waals surface area contributed by atoms with Crippen LogP contribution in [0.1, 0.15) is 19.4 Å².